The maximum Gasteiger partial charge on any atom is 0.217 e. The van der Waals surface area contributed by atoms with Crippen molar-refractivity contribution in [2.24, 2.45) is 5.73 Å². The van der Waals surface area contributed by atoms with Crippen LogP contribution in [0.5, 0.6) is 0 Å². The molecule has 4 nitrogen and oxygen atoms in total. The molecule has 1 aromatic heterocycles. The quantitative estimate of drug-likeness (QED) is 0.855. The van der Waals surface area contributed by atoms with Gasteiger partial charge in [-0.25, -0.2) is 4.98 Å². The topological polar surface area (TPSA) is 69.1 Å². The second kappa shape index (κ2) is 5.30. The van der Waals surface area contributed by atoms with Crippen LogP contribution in [0.2, 0.25) is 0 Å². The normalized spacial score (nSPS) is 10.4. The summed E-state index contributed by atoms with van der Waals surface area (Å²) >= 11 is 0. The van der Waals surface area contributed by atoms with E-state index < -0.39 is 0 Å². The molecule has 0 aliphatic heterocycles. The molecule has 88 valence electrons. The highest BCUT2D eigenvalue weighted by Gasteiger charge is 2.06. The minimum absolute atomic E-state index is 0.292. The number of primary amides is 1. The van der Waals surface area contributed by atoms with Crippen LogP contribution in [0.15, 0.2) is 41.0 Å². The Morgan fingerprint density at radius 3 is 2.76 bits per heavy atom. The van der Waals surface area contributed by atoms with Crippen LogP contribution in [-0.2, 0) is 11.2 Å². The third-order valence-electron chi connectivity index (χ3n) is 2.44. The number of benzene rings is 1. The Morgan fingerprint density at radius 2 is 2.06 bits per heavy atom. The lowest BCUT2D eigenvalue weighted by atomic mass is 10.2. The first kappa shape index (κ1) is 11.4. The summed E-state index contributed by atoms with van der Waals surface area (Å²) in [6.07, 6.45) is 3.30. The summed E-state index contributed by atoms with van der Waals surface area (Å²) in [5.74, 6) is 0.352. The third-order valence-corrected chi connectivity index (χ3v) is 2.44. The fourth-order valence-electron chi connectivity index (χ4n) is 1.58. The highest BCUT2D eigenvalue weighted by Crippen LogP contribution is 2.18. The summed E-state index contributed by atoms with van der Waals surface area (Å²) in [6, 6.07) is 9.82. The molecule has 0 unspecified atom stereocenters. The number of hydrogen-bond donors (Lipinski definition) is 1. The molecule has 0 aliphatic carbocycles. The van der Waals surface area contributed by atoms with E-state index in [2.05, 4.69) is 4.98 Å². The lowest BCUT2D eigenvalue weighted by Crippen LogP contribution is -2.10. The predicted molar refractivity (Wildman–Crippen MR) is 64.1 cm³/mol. The lowest BCUT2D eigenvalue weighted by molar-refractivity contribution is -0.118. The van der Waals surface area contributed by atoms with Crippen LogP contribution in [0.3, 0.4) is 0 Å². The number of carbonyl (C=O) groups is 1. The zero-order valence-corrected chi connectivity index (χ0v) is 9.43. The molecule has 1 heterocycles. The van der Waals surface area contributed by atoms with Gasteiger partial charge < -0.3 is 10.2 Å². The van der Waals surface area contributed by atoms with E-state index in [-0.39, 0.29) is 5.91 Å². The summed E-state index contributed by atoms with van der Waals surface area (Å²) in [4.78, 5) is 14.9. The van der Waals surface area contributed by atoms with Gasteiger partial charge in [-0.15, -0.1) is 0 Å². The summed E-state index contributed by atoms with van der Waals surface area (Å²) < 4.78 is 5.34. The summed E-state index contributed by atoms with van der Waals surface area (Å²) in [7, 11) is 0. The van der Waals surface area contributed by atoms with Crippen molar-refractivity contribution in [3.05, 3.63) is 42.5 Å². The smallest absolute Gasteiger partial charge is 0.217 e. The van der Waals surface area contributed by atoms with E-state index in [1.165, 1.54) is 0 Å². The van der Waals surface area contributed by atoms with Crippen LogP contribution in [0.25, 0.3) is 11.3 Å². The van der Waals surface area contributed by atoms with Gasteiger partial charge in [-0.2, -0.15) is 0 Å². The highest BCUT2D eigenvalue weighted by molar-refractivity contribution is 5.73. The summed E-state index contributed by atoms with van der Waals surface area (Å²) in [5, 5.41) is 0. The fourth-order valence-corrected chi connectivity index (χ4v) is 1.58. The van der Waals surface area contributed by atoms with E-state index in [1.807, 2.05) is 30.3 Å². The van der Waals surface area contributed by atoms with E-state index in [0.717, 1.165) is 11.3 Å². The monoisotopic (exact) mass is 230 g/mol. The maximum absolute atomic E-state index is 10.6. The van der Waals surface area contributed by atoms with Gasteiger partial charge in [0.1, 0.15) is 12.0 Å². The summed E-state index contributed by atoms with van der Waals surface area (Å²) in [6.45, 7) is 0. The fraction of sp³-hybridized carbons (Fsp3) is 0.231. The minimum atomic E-state index is -0.292. The average Bonchev–Trinajstić information content (AvgIpc) is 2.78. The molecular formula is C13H14N2O2. The molecule has 0 saturated carbocycles. The number of aryl methyl sites for hydroxylation is 1. The first-order chi connectivity index (χ1) is 8.25. The van der Waals surface area contributed by atoms with Crippen molar-refractivity contribution in [2.45, 2.75) is 19.3 Å². The molecule has 1 amide bonds. The number of carbonyl (C=O) groups excluding carboxylic acids is 1. The zero-order chi connectivity index (χ0) is 12.1. The SMILES string of the molecule is NC(=O)CCCc1nc(-c2ccccc2)co1. The third kappa shape index (κ3) is 3.17. The van der Waals surface area contributed by atoms with Crippen LogP contribution >= 0.6 is 0 Å². The first-order valence-electron chi connectivity index (χ1n) is 5.54. The van der Waals surface area contributed by atoms with Gasteiger partial charge in [-0.1, -0.05) is 30.3 Å². The van der Waals surface area contributed by atoms with Crippen molar-refractivity contribution < 1.29 is 9.21 Å². The van der Waals surface area contributed by atoms with Gasteiger partial charge in [-0.3, -0.25) is 4.79 Å². The minimum Gasteiger partial charge on any atom is -0.448 e. The van der Waals surface area contributed by atoms with Gasteiger partial charge in [0.2, 0.25) is 5.91 Å². The molecule has 0 aliphatic rings. The van der Waals surface area contributed by atoms with E-state index in [0.29, 0.717) is 25.2 Å². The molecule has 4 heteroatoms. The molecule has 0 atom stereocenters. The Bertz CT molecular complexity index is 491. The molecular weight excluding hydrogens is 216 g/mol. The molecule has 17 heavy (non-hydrogen) atoms. The second-order valence-corrected chi connectivity index (χ2v) is 3.81. The van der Waals surface area contributed by atoms with Gasteiger partial charge in [0.15, 0.2) is 5.89 Å². The Balaban J connectivity index is 1.99. The molecule has 1 aromatic carbocycles. The van der Waals surface area contributed by atoms with E-state index in [1.54, 1.807) is 6.26 Å². The van der Waals surface area contributed by atoms with Crippen molar-refractivity contribution >= 4 is 5.91 Å². The number of amides is 1. The number of rotatable bonds is 5. The second-order valence-electron chi connectivity index (χ2n) is 3.81. The van der Waals surface area contributed by atoms with Crippen LogP contribution < -0.4 is 5.73 Å². The first-order valence-corrected chi connectivity index (χ1v) is 5.54. The molecule has 0 saturated heterocycles. The number of oxazole rings is 1. The predicted octanol–water partition coefficient (Wildman–Crippen LogP) is 2.15. The number of hydrogen-bond acceptors (Lipinski definition) is 3. The van der Waals surface area contributed by atoms with E-state index in [4.69, 9.17) is 10.2 Å². The van der Waals surface area contributed by atoms with Crippen LogP contribution in [-0.4, -0.2) is 10.9 Å². The molecule has 2 N–H and O–H groups in total. The Hall–Kier alpha value is -2.10. The van der Waals surface area contributed by atoms with Crippen LogP contribution in [0, 0.1) is 0 Å². The molecule has 2 aromatic rings. The van der Waals surface area contributed by atoms with Crippen molar-refractivity contribution in [1.82, 2.24) is 4.98 Å². The van der Waals surface area contributed by atoms with E-state index >= 15 is 0 Å². The van der Waals surface area contributed by atoms with Crippen LogP contribution in [0.1, 0.15) is 18.7 Å². The highest BCUT2D eigenvalue weighted by atomic mass is 16.3. The lowest BCUT2D eigenvalue weighted by Gasteiger charge is -1.94. The number of nitrogens with zero attached hydrogens (tertiary/aromatic N) is 1. The molecule has 0 fully saturated rings. The largest absolute Gasteiger partial charge is 0.448 e. The van der Waals surface area contributed by atoms with Crippen LogP contribution in [0.4, 0.5) is 0 Å². The van der Waals surface area contributed by atoms with Gasteiger partial charge in [0.05, 0.1) is 0 Å². The molecule has 0 spiro atoms. The average molecular weight is 230 g/mol. The van der Waals surface area contributed by atoms with Crippen molar-refractivity contribution in [1.29, 1.82) is 0 Å². The molecule has 0 radical (unpaired) electrons. The number of aromatic nitrogens is 1. The van der Waals surface area contributed by atoms with Crippen molar-refractivity contribution in [3.8, 4) is 11.3 Å². The van der Waals surface area contributed by atoms with Crippen molar-refractivity contribution in [3.63, 3.8) is 0 Å². The number of nitrogens with two attached hydrogens (primary N) is 1. The molecule has 0 bridgehead atoms. The Labute approximate surface area is 99.5 Å². The summed E-state index contributed by atoms with van der Waals surface area (Å²) in [5.41, 5.74) is 6.91. The molecule has 2 rings (SSSR count). The zero-order valence-electron chi connectivity index (χ0n) is 9.43. The van der Waals surface area contributed by atoms with Gasteiger partial charge in [0.25, 0.3) is 0 Å². The Morgan fingerprint density at radius 1 is 1.29 bits per heavy atom. The van der Waals surface area contributed by atoms with Gasteiger partial charge in [-0.05, 0) is 6.42 Å². The standard InChI is InChI=1S/C13H14N2O2/c14-12(16)7-4-8-13-15-11(9-17-13)10-5-2-1-3-6-10/h1-3,5-6,9H,4,7-8H2,(H2,14,16). The van der Waals surface area contributed by atoms with E-state index in [9.17, 15) is 4.79 Å². The maximum atomic E-state index is 10.6. The van der Waals surface area contributed by atoms with Gasteiger partial charge in [0, 0.05) is 18.4 Å². The Kier molecular flexibility index (Phi) is 3.55. The van der Waals surface area contributed by atoms with Gasteiger partial charge >= 0.3 is 0 Å². The van der Waals surface area contributed by atoms with Crippen molar-refractivity contribution in [2.75, 3.05) is 0 Å².